The zero-order valence-electron chi connectivity index (χ0n) is 28.1. The van der Waals surface area contributed by atoms with Crippen molar-refractivity contribution in [1.29, 1.82) is 0 Å². The second-order valence-corrected chi connectivity index (χ2v) is 13.6. The number of fused-ring (bicyclic) bond motifs is 8. The van der Waals surface area contributed by atoms with Gasteiger partial charge >= 0.3 is 0 Å². The van der Waals surface area contributed by atoms with Gasteiger partial charge in [0.15, 0.2) is 0 Å². The molecule has 0 radical (unpaired) electrons. The standard InChI is InChI=1S/C50H30O2/c1-3-13-31(14-4-1)33-25-27-37-43(29-33)47(41-21-11-19-39-35-17-7-9-23-45(35)51-49(39)41)38-28-26-34(32-15-5-2-6-16-32)30-44(38)48(37)42-22-12-20-40-36-18-8-10-24-46(36)52-50(40)42/h1-30H. The van der Waals surface area contributed by atoms with Gasteiger partial charge in [-0.15, -0.1) is 0 Å². The van der Waals surface area contributed by atoms with Crippen LogP contribution in [0.15, 0.2) is 191 Å². The Balaban J connectivity index is 1.34. The first kappa shape index (κ1) is 28.9. The van der Waals surface area contributed by atoms with Crippen molar-refractivity contribution >= 4 is 65.4 Å². The molecule has 0 unspecified atom stereocenters. The van der Waals surface area contributed by atoms with Gasteiger partial charge in [0, 0.05) is 43.8 Å². The Labute approximate surface area is 299 Å². The van der Waals surface area contributed by atoms with Gasteiger partial charge in [-0.2, -0.15) is 0 Å². The van der Waals surface area contributed by atoms with Crippen molar-refractivity contribution in [3.05, 3.63) is 182 Å². The molecular weight excluding hydrogens is 633 g/mol. The van der Waals surface area contributed by atoms with Crippen molar-refractivity contribution in [2.45, 2.75) is 0 Å². The van der Waals surface area contributed by atoms with E-state index >= 15 is 0 Å². The highest BCUT2D eigenvalue weighted by Crippen LogP contribution is 2.49. The van der Waals surface area contributed by atoms with Crippen LogP contribution < -0.4 is 0 Å². The molecule has 0 spiro atoms. The van der Waals surface area contributed by atoms with Crippen LogP contribution in [0.4, 0.5) is 0 Å². The van der Waals surface area contributed by atoms with E-state index in [0.717, 1.165) is 87.7 Å². The molecule has 0 amide bonds. The summed E-state index contributed by atoms with van der Waals surface area (Å²) in [5.74, 6) is 0. The molecule has 242 valence electrons. The summed E-state index contributed by atoms with van der Waals surface area (Å²) in [7, 11) is 0. The second-order valence-electron chi connectivity index (χ2n) is 13.6. The molecule has 0 atom stereocenters. The summed E-state index contributed by atoms with van der Waals surface area (Å²) in [6.45, 7) is 0. The SMILES string of the molecule is c1ccc(-c2ccc3c(-c4cccc5c4oc4ccccc45)c4cc(-c5ccccc5)ccc4c(-c4cccc5c4oc4ccccc45)c3c2)cc1. The van der Waals surface area contributed by atoms with Crippen LogP contribution >= 0.6 is 0 Å². The van der Waals surface area contributed by atoms with Crippen LogP contribution in [0.25, 0.3) is 110 Å². The fourth-order valence-electron chi connectivity index (χ4n) is 8.32. The largest absolute Gasteiger partial charge is 0.455 e. The lowest BCUT2D eigenvalue weighted by molar-refractivity contribution is 0.669. The molecule has 0 saturated heterocycles. The van der Waals surface area contributed by atoms with Gasteiger partial charge in [0.1, 0.15) is 22.3 Å². The van der Waals surface area contributed by atoms with Crippen LogP contribution in [-0.4, -0.2) is 0 Å². The molecule has 2 heteroatoms. The average molecular weight is 663 g/mol. The molecule has 9 aromatic carbocycles. The van der Waals surface area contributed by atoms with Crippen LogP contribution in [0.1, 0.15) is 0 Å². The molecular formula is C50H30O2. The summed E-state index contributed by atoms with van der Waals surface area (Å²) in [5.41, 5.74) is 12.7. The maximum Gasteiger partial charge on any atom is 0.143 e. The van der Waals surface area contributed by atoms with E-state index in [0.29, 0.717) is 0 Å². The minimum atomic E-state index is 0.892. The van der Waals surface area contributed by atoms with Crippen molar-refractivity contribution in [1.82, 2.24) is 0 Å². The first-order valence-electron chi connectivity index (χ1n) is 17.8. The van der Waals surface area contributed by atoms with Gasteiger partial charge in [0.2, 0.25) is 0 Å². The van der Waals surface area contributed by atoms with Crippen molar-refractivity contribution in [2.75, 3.05) is 0 Å². The summed E-state index contributed by atoms with van der Waals surface area (Å²) >= 11 is 0. The van der Waals surface area contributed by atoms with Crippen LogP contribution in [0, 0.1) is 0 Å². The minimum Gasteiger partial charge on any atom is -0.455 e. The molecule has 11 aromatic rings. The van der Waals surface area contributed by atoms with E-state index in [4.69, 9.17) is 8.83 Å². The molecule has 2 heterocycles. The minimum absolute atomic E-state index is 0.892. The lowest BCUT2D eigenvalue weighted by Gasteiger charge is -2.20. The molecule has 0 aliphatic carbocycles. The van der Waals surface area contributed by atoms with Crippen LogP contribution in [0.5, 0.6) is 0 Å². The monoisotopic (exact) mass is 662 g/mol. The number of hydrogen-bond donors (Lipinski definition) is 0. The van der Waals surface area contributed by atoms with Crippen molar-refractivity contribution in [3.63, 3.8) is 0 Å². The van der Waals surface area contributed by atoms with Gasteiger partial charge < -0.3 is 8.83 Å². The fourth-order valence-corrected chi connectivity index (χ4v) is 8.32. The summed E-state index contributed by atoms with van der Waals surface area (Å²) in [6, 6.07) is 65.0. The Bertz CT molecular complexity index is 2950. The highest BCUT2D eigenvalue weighted by Gasteiger charge is 2.23. The van der Waals surface area contributed by atoms with E-state index in [-0.39, 0.29) is 0 Å². The summed E-state index contributed by atoms with van der Waals surface area (Å²) in [4.78, 5) is 0. The van der Waals surface area contributed by atoms with Crippen LogP contribution in [0.2, 0.25) is 0 Å². The summed E-state index contributed by atoms with van der Waals surface area (Å²) in [6.07, 6.45) is 0. The van der Waals surface area contributed by atoms with E-state index in [1.165, 1.54) is 22.3 Å². The van der Waals surface area contributed by atoms with E-state index in [9.17, 15) is 0 Å². The van der Waals surface area contributed by atoms with Crippen molar-refractivity contribution < 1.29 is 8.83 Å². The van der Waals surface area contributed by atoms with E-state index in [1.807, 2.05) is 12.1 Å². The predicted octanol–water partition coefficient (Wildman–Crippen LogP) is 14.5. The smallest absolute Gasteiger partial charge is 0.143 e. The third-order valence-corrected chi connectivity index (χ3v) is 10.7. The molecule has 0 aliphatic heterocycles. The van der Waals surface area contributed by atoms with Gasteiger partial charge in [-0.25, -0.2) is 0 Å². The lowest BCUT2D eigenvalue weighted by atomic mass is 9.83. The zero-order chi connectivity index (χ0) is 34.2. The number of para-hydroxylation sites is 4. The molecule has 11 rings (SSSR count). The predicted molar refractivity (Wildman–Crippen MR) is 218 cm³/mol. The Morgan fingerprint density at radius 3 is 1.12 bits per heavy atom. The van der Waals surface area contributed by atoms with Gasteiger partial charge in [-0.05, 0) is 68.1 Å². The Morgan fingerprint density at radius 2 is 0.654 bits per heavy atom. The zero-order valence-corrected chi connectivity index (χ0v) is 28.1. The highest BCUT2D eigenvalue weighted by atomic mass is 16.3. The van der Waals surface area contributed by atoms with Crippen LogP contribution in [-0.2, 0) is 0 Å². The highest BCUT2D eigenvalue weighted by molar-refractivity contribution is 6.27. The first-order valence-corrected chi connectivity index (χ1v) is 17.8. The molecule has 0 bridgehead atoms. The fraction of sp³-hybridized carbons (Fsp3) is 0. The first-order chi connectivity index (χ1) is 25.8. The Kier molecular flexibility index (Phi) is 6.28. The van der Waals surface area contributed by atoms with Crippen molar-refractivity contribution in [3.8, 4) is 44.5 Å². The van der Waals surface area contributed by atoms with Crippen molar-refractivity contribution in [2.24, 2.45) is 0 Å². The molecule has 0 saturated carbocycles. The molecule has 0 N–H and O–H groups in total. The normalized spacial score (nSPS) is 11.8. The van der Waals surface area contributed by atoms with Gasteiger partial charge in [-0.3, -0.25) is 0 Å². The van der Waals surface area contributed by atoms with E-state index in [2.05, 4.69) is 170 Å². The summed E-state index contributed by atoms with van der Waals surface area (Å²) < 4.78 is 13.5. The Hall–Kier alpha value is -6.90. The van der Waals surface area contributed by atoms with E-state index in [1.54, 1.807) is 0 Å². The second kappa shape index (κ2) is 11.3. The molecule has 2 nitrogen and oxygen atoms in total. The summed E-state index contributed by atoms with van der Waals surface area (Å²) in [5, 5.41) is 9.13. The average Bonchev–Trinajstić information content (AvgIpc) is 3.79. The molecule has 2 aromatic heterocycles. The van der Waals surface area contributed by atoms with Gasteiger partial charge in [0.25, 0.3) is 0 Å². The molecule has 0 fully saturated rings. The number of rotatable bonds is 4. The molecule has 52 heavy (non-hydrogen) atoms. The maximum atomic E-state index is 6.73. The van der Waals surface area contributed by atoms with Crippen LogP contribution in [0.3, 0.4) is 0 Å². The quantitative estimate of drug-likeness (QED) is 0.175. The number of benzene rings is 9. The van der Waals surface area contributed by atoms with E-state index < -0.39 is 0 Å². The third-order valence-electron chi connectivity index (χ3n) is 10.7. The molecule has 0 aliphatic rings. The lowest BCUT2D eigenvalue weighted by Crippen LogP contribution is -1.93. The Morgan fingerprint density at radius 1 is 0.250 bits per heavy atom. The third kappa shape index (κ3) is 4.31. The number of hydrogen-bond acceptors (Lipinski definition) is 2. The van der Waals surface area contributed by atoms with Gasteiger partial charge in [0.05, 0.1) is 0 Å². The number of furan rings is 2. The van der Waals surface area contributed by atoms with Gasteiger partial charge in [-0.1, -0.05) is 158 Å². The maximum absolute atomic E-state index is 6.73. The topological polar surface area (TPSA) is 26.3 Å².